The molecule has 0 unspecified atom stereocenters. The number of nitrogens with one attached hydrogen (secondary N) is 1. The fraction of sp³-hybridized carbons (Fsp3) is 0.375. The second-order valence-corrected chi connectivity index (χ2v) is 5.64. The van der Waals surface area contributed by atoms with Crippen LogP contribution in [0.15, 0.2) is 34.7 Å². The molecule has 0 aliphatic rings. The van der Waals surface area contributed by atoms with Crippen LogP contribution in [0.2, 0.25) is 0 Å². The fourth-order valence-electron chi connectivity index (χ4n) is 1.58. The maximum Gasteiger partial charge on any atom is 0.408 e. The molecule has 1 aromatic heterocycles. The van der Waals surface area contributed by atoms with Crippen molar-refractivity contribution >= 4 is 23.0 Å². The van der Waals surface area contributed by atoms with Gasteiger partial charge in [-0.05, 0) is 39.8 Å². The number of amides is 1. The fourth-order valence-corrected chi connectivity index (χ4v) is 1.58. The van der Waals surface area contributed by atoms with Gasteiger partial charge < -0.3 is 19.6 Å². The van der Waals surface area contributed by atoms with Gasteiger partial charge >= 0.3 is 12.1 Å². The van der Waals surface area contributed by atoms with Crippen molar-refractivity contribution in [1.82, 2.24) is 5.32 Å². The number of benzene rings is 1. The van der Waals surface area contributed by atoms with E-state index in [1.54, 1.807) is 20.8 Å². The lowest BCUT2D eigenvalue weighted by molar-refractivity contribution is -0.136. The molecule has 0 atom stereocenters. The smallest absolute Gasteiger partial charge is 0.408 e. The van der Waals surface area contributed by atoms with Gasteiger partial charge in [-0.2, -0.15) is 0 Å². The molecular formula is C16H21NO5. The van der Waals surface area contributed by atoms with E-state index in [1.165, 1.54) is 5.39 Å². The zero-order valence-corrected chi connectivity index (χ0v) is 13.2. The van der Waals surface area contributed by atoms with Crippen molar-refractivity contribution in [2.24, 2.45) is 0 Å². The van der Waals surface area contributed by atoms with Crippen molar-refractivity contribution in [2.45, 2.75) is 33.3 Å². The van der Waals surface area contributed by atoms with E-state index in [0.29, 0.717) is 0 Å². The molecule has 0 spiro atoms. The Hall–Kier alpha value is -2.50. The molecule has 22 heavy (non-hydrogen) atoms. The number of carboxylic acid groups (broad SMARTS) is 1. The third kappa shape index (κ3) is 6.78. The molecule has 0 aliphatic carbocycles. The molecule has 0 saturated carbocycles. The number of hydrogen-bond acceptors (Lipinski definition) is 4. The highest BCUT2D eigenvalue weighted by molar-refractivity contribution is 5.77. The first-order valence-corrected chi connectivity index (χ1v) is 6.81. The summed E-state index contributed by atoms with van der Waals surface area (Å²) in [5, 5.41) is 11.4. The number of aryl methyl sites for hydroxylation is 1. The highest BCUT2D eigenvalue weighted by Gasteiger charge is 2.16. The number of hydrogen-bond donors (Lipinski definition) is 2. The first kappa shape index (κ1) is 17.6. The van der Waals surface area contributed by atoms with Gasteiger partial charge in [-0.25, -0.2) is 4.79 Å². The van der Waals surface area contributed by atoms with Crippen LogP contribution in [-0.4, -0.2) is 29.3 Å². The predicted octanol–water partition coefficient (Wildman–Crippen LogP) is 3.34. The molecule has 6 nitrogen and oxygen atoms in total. The number of carbonyl (C=O) groups is 2. The highest BCUT2D eigenvalue weighted by Crippen LogP contribution is 2.17. The average Bonchev–Trinajstić information content (AvgIpc) is 2.75. The van der Waals surface area contributed by atoms with Gasteiger partial charge in [0.1, 0.15) is 23.5 Å². The molecule has 0 bridgehead atoms. The molecule has 1 heterocycles. The Balaban J connectivity index is 0.000000222. The van der Waals surface area contributed by atoms with Gasteiger partial charge in [0.15, 0.2) is 0 Å². The average molecular weight is 307 g/mol. The number of ether oxygens (including phenoxy) is 1. The number of rotatable bonds is 2. The third-order valence-electron chi connectivity index (χ3n) is 2.33. The van der Waals surface area contributed by atoms with Crippen LogP contribution in [0.3, 0.4) is 0 Å². The van der Waals surface area contributed by atoms with Gasteiger partial charge in [-0.15, -0.1) is 0 Å². The molecule has 2 N–H and O–H groups in total. The lowest BCUT2D eigenvalue weighted by Gasteiger charge is -2.19. The lowest BCUT2D eigenvalue weighted by atomic mass is 10.2. The summed E-state index contributed by atoms with van der Waals surface area (Å²) in [6.45, 7) is 6.64. The summed E-state index contributed by atoms with van der Waals surface area (Å²) in [4.78, 5) is 20.8. The monoisotopic (exact) mass is 307 g/mol. The largest absolute Gasteiger partial charge is 0.480 e. The summed E-state index contributed by atoms with van der Waals surface area (Å²) in [5.74, 6) is -0.123. The number of fused-ring (bicyclic) bond motifs is 1. The Morgan fingerprint density at radius 3 is 2.45 bits per heavy atom. The SMILES string of the molecule is CC(C)(C)OC(=O)NCC(=O)O.Cc1cc2ccccc2o1. The Kier molecular flexibility index (Phi) is 5.98. The maximum absolute atomic E-state index is 10.8. The van der Waals surface area contributed by atoms with Gasteiger partial charge in [0.05, 0.1) is 0 Å². The predicted molar refractivity (Wildman–Crippen MR) is 82.8 cm³/mol. The molecule has 0 aliphatic heterocycles. The summed E-state index contributed by atoms with van der Waals surface area (Å²) in [6, 6.07) is 10.0. The summed E-state index contributed by atoms with van der Waals surface area (Å²) < 4.78 is 10.1. The van der Waals surface area contributed by atoms with Crippen molar-refractivity contribution in [3.63, 3.8) is 0 Å². The van der Waals surface area contributed by atoms with Gasteiger partial charge in [-0.3, -0.25) is 4.79 Å². The molecular weight excluding hydrogens is 286 g/mol. The van der Waals surface area contributed by atoms with Crippen LogP contribution in [-0.2, 0) is 9.53 Å². The van der Waals surface area contributed by atoms with Crippen LogP contribution in [0.5, 0.6) is 0 Å². The van der Waals surface area contributed by atoms with Gasteiger partial charge in [0.25, 0.3) is 0 Å². The van der Waals surface area contributed by atoms with Crippen LogP contribution < -0.4 is 5.32 Å². The van der Waals surface area contributed by atoms with Gasteiger partial charge in [0, 0.05) is 5.39 Å². The van der Waals surface area contributed by atoms with Crippen molar-refractivity contribution in [3.8, 4) is 0 Å². The minimum atomic E-state index is -1.10. The molecule has 1 amide bonds. The zero-order chi connectivity index (χ0) is 16.8. The quantitative estimate of drug-likeness (QED) is 0.888. The molecule has 0 fully saturated rings. The second-order valence-electron chi connectivity index (χ2n) is 5.64. The normalized spacial score (nSPS) is 10.5. The summed E-state index contributed by atoms with van der Waals surface area (Å²) in [6.07, 6.45) is -0.718. The highest BCUT2D eigenvalue weighted by atomic mass is 16.6. The molecule has 0 radical (unpaired) electrons. The summed E-state index contributed by atoms with van der Waals surface area (Å²) in [5.41, 5.74) is 0.378. The first-order chi connectivity index (χ1) is 10.2. The minimum Gasteiger partial charge on any atom is -0.480 e. The van der Waals surface area contributed by atoms with E-state index in [-0.39, 0.29) is 0 Å². The molecule has 2 aromatic rings. The lowest BCUT2D eigenvalue weighted by Crippen LogP contribution is -2.35. The van der Waals surface area contributed by atoms with E-state index in [4.69, 9.17) is 14.3 Å². The van der Waals surface area contributed by atoms with E-state index >= 15 is 0 Å². The molecule has 6 heteroatoms. The number of para-hydroxylation sites is 1. The standard InChI is InChI=1S/C9H8O.C7H13NO4/c1-7-6-8-4-2-3-5-9(8)10-7;1-7(2,3)12-6(11)8-4-5(9)10/h2-6H,1H3;4H2,1-3H3,(H,8,11)(H,9,10). The van der Waals surface area contributed by atoms with E-state index in [1.807, 2.05) is 37.3 Å². The summed E-state index contributed by atoms with van der Waals surface area (Å²) >= 11 is 0. The third-order valence-corrected chi connectivity index (χ3v) is 2.33. The van der Waals surface area contributed by atoms with Crippen molar-refractivity contribution in [3.05, 3.63) is 36.1 Å². The van der Waals surface area contributed by atoms with Crippen molar-refractivity contribution in [1.29, 1.82) is 0 Å². The van der Waals surface area contributed by atoms with Gasteiger partial charge in [-0.1, -0.05) is 18.2 Å². The maximum atomic E-state index is 10.8. The van der Waals surface area contributed by atoms with E-state index in [2.05, 4.69) is 5.32 Å². The van der Waals surface area contributed by atoms with E-state index < -0.39 is 24.2 Å². The minimum absolute atomic E-state index is 0.422. The zero-order valence-electron chi connectivity index (χ0n) is 13.2. The van der Waals surface area contributed by atoms with Crippen LogP contribution in [0.25, 0.3) is 11.0 Å². The van der Waals surface area contributed by atoms with Crippen LogP contribution in [0.4, 0.5) is 4.79 Å². The van der Waals surface area contributed by atoms with E-state index in [9.17, 15) is 9.59 Å². The summed E-state index contributed by atoms with van der Waals surface area (Å²) in [7, 11) is 0. The van der Waals surface area contributed by atoms with Crippen LogP contribution in [0, 0.1) is 6.92 Å². The van der Waals surface area contributed by atoms with Crippen LogP contribution >= 0.6 is 0 Å². The Morgan fingerprint density at radius 2 is 1.91 bits per heavy atom. The van der Waals surface area contributed by atoms with E-state index in [0.717, 1.165) is 11.3 Å². The van der Waals surface area contributed by atoms with Crippen LogP contribution in [0.1, 0.15) is 26.5 Å². The number of aliphatic carboxylic acids is 1. The Labute approximate surface area is 129 Å². The number of alkyl carbamates (subject to hydrolysis) is 1. The van der Waals surface area contributed by atoms with Gasteiger partial charge in [0.2, 0.25) is 0 Å². The number of furan rings is 1. The molecule has 2 rings (SSSR count). The molecule has 120 valence electrons. The molecule has 0 saturated heterocycles. The number of carboxylic acids is 1. The topological polar surface area (TPSA) is 88.8 Å². The first-order valence-electron chi connectivity index (χ1n) is 6.81. The molecule has 1 aromatic carbocycles. The van der Waals surface area contributed by atoms with Crippen molar-refractivity contribution < 1.29 is 23.8 Å². The Morgan fingerprint density at radius 1 is 1.27 bits per heavy atom. The number of carbonyl (C=O) groups excluding carboxylic acids is 1. The van der Waals surface area contributed by atoms with Crippen molar-refractivity contribution in [2.75, 3.05) is 6.54 Å². The second kappa shape index (κ2) is 7.49. The Bertz CT molecular complexity index is 606.